The second-order valence-electron chi connectivity index (χ2n) is 3.07. The smallest absolute Gasteiger partial charge is 0.124 e. The summed E-state index contributed by atoms with van der Waals surface area (Å²) in [5.41, 5.74) is 3.06. The summed E-state index contributed by atoms with van der Waals surface area (Å²) in [7, 11) is 0. The van der Waals surface area contributed by atoms with Crippen molar-refractivity contribution in [2.75, 3.05) is 0 Å². The summed E-state index contributed by atoms with van der Waals surface area (Å²) < 4.78 is 5.58. The SMILES string of the molecule is Cc1ccc(OCc2cncs2)cc1. The van der Waals surface area contributed by atoms with Crippen molar-refractivity contribution in [3.63, 3.8) is 0 Å². The lowest BCUT2D eigenvalue weighted by Gasteiger charge is -2.03. The minimum Gasteiger partial charge on any atom is -0.488 e. The Morgan fingerprint density at radius 2 is 2.07 bits per heavy atom. The summed E-state index contributed by atoms with van der Waals surface area (Å²) in [4.78, 5) is 5.13. The van der Waals surface area contributed by atoms with Gasteiger partial charge in [-0.05, 0) is 19.1 Å². The Hall–Kier alpha value is -1.35. The molecule has 1 heterocycles. The maximum atomic E-state index is 5.58. The third-order valence-corrected chi connectivity index (χ3v) is 2.64. The molecule has 72 valence electrons. The number of thiazole rings is 1. The fourth-order valence-corrected chi connectivity index (χ4v) is 1.61. The maximum absolute atomic E-state index is 5.58. The number of benzene rings is 1. The lowest BCUT2D eigenvalue weighted by atomic mass is 10.2. The van der Waals surface area contributed by atoms with Crippen LogP contribution >= 0.6 is 11.3 Å². The second-order valence-corrected chi connectivity index (χ2v) is 4.04. The van der Waals surface area contributed by atoms with Gasteiger partial charge in [-0.1, -0.05) is 17.7 Å². The van der Waals surface area contributed by atoms with Gasteiger partial charge >= 0.3 is 0 Å². The first kappa shape index (κ1) is 9.21. The molecular weight excluding hydrogens is 194 g/mol. The maximum Gasteiger partial charge on any atom is 0.124 e. The van der Waals surface area contributed by atoms with E-state index in [-0.39, 0.29) is 0 Å². The molecule has 0 spiro atoms. The first-order valence-corrected chi connectivity index (χ1v) is 5.29. The van der Waals surface area contributed by atoms with Crippen molar-refractivity contribution in [3.8, 4) is 5.75 Å². The van der Waals surface area contributed by atoms with Gasteiger partial charge in [0.05, 0.1) is 10.4 Å². The van der Waals surface area contributed by atoms with E-state index in [2.05, 4.69) is 11.9 Å². The average Bonchev–Trinajstić information content (AvgIpc) is 2.70. The average molecular weight is 205 g/mol. The second kappa shape index (κ2) is 4.24. The predicted octanol–water partition coefficient (Wildman–Crippen LogP) is 3.03. The molecule has 3 heteroatoms. The van der Waals surface area contributed by atoms with Gasteiger partial charge in [0, 0.05) is 6.20 Å². The van der Waals surface area contributed by atoms with Crippen LogP contribution in [0.1, 0.15) is 10.4 Å². The molecule has 0 N–H and O–H groups in total. The van der Waals surface area contributed by atoms with Crippen LogP contribution in [-0.2, 0) is 6.61 Å². The van der Waals surface area contributed by atoms with Gasteiger partial charge in [0.1, 0.15) is 12.4 Å². The first-order valence-electron chi connectivity index (χ1n) is 4.41. The van der Waals surface area contributed by atoms with Crippen LogP contribution in [0.4, 0.5) is 0 Å². The third kappa shape index (κ3) is 2.33. The van der Waals surface area contributed by atoms with E-state index in [0.717, 1.165) is 10.6 Å². The van der Waals surface area contributed by atoms with Gasteiger partial charge in [-0.15, -0.1) is 11.3 Å². The summed E-state index contributed by atoms with van der Waals surface area (Å²) in [5.74, 6) is 0.906. The number of aryl methyl sites for hydroxylation is 1. The van der Waals surface area contributed by atoms with Crippen molar-refractivity contribution in [1.29, 1.82) is 0 Å². The third-order valence-electron chi connectivity index (χ3n) is 1.89. The molecule has 0 radical (unpaired) electrons. The van der Waals surface area contributed by atoms with E-state index in [1.807, 2.05) is 36.0 Å². The van der Waals surface area contributed by atoms with Crippen LogP contribution in [0, 0.1) is 6.92 Å². The van der Waals surface area contributed by atoms with Crippen LogP contribution in [0.2, 0.25) is 0 Å². The van der Waals surface area contributed by atoms with E-state index in [4.69, 9.17) is 4.74 Å². The zero-order valence-corrected chi connectivity index (χ0v) is 8.75. The van der Waals surface area contributed by atoms with Gasteiger partial charge in [0.15, 0.2) is 0 Å². The standard InChI is InChI=1S/C11H11NOS/c1-9-2-4-10(5-3-9)13-7-11-6-12-8-14-11/h2-6,8H,7H2,1H3. The summed E-state index contributed by atoms with van der Waals surface area (Å²) in [5, 5.41) is 0. The lowest BCUT2D eigenvalue weighted by Crippen LogP contribution is -1.92. The van der Waals surface area contributed by atoms with Crippen LogP contribution in [0.15, 0.2) is 36.0 Å². The molecule has 0 unspecified atom stereocenters. The van der Waals surface area contributed by atoms with E-state index in [0.29, 0.717) is 6.61 Å². The molecule has 0 aliphatic carbocycles. The Kier molecular flexibility index (Phi) is 2.79. The number of aromatic nitrogens is 1. The van der Waals surface area contributed by atoms with Gasteiger partial charge in [0.25, 0.3) is 0 Å². The minimum atomic E-state index is 0.605. The lowest BCUT2D eigenvalue weighted by molar-refractivity contribution is 0.309. The van der Waals surface area contributed by atoms with Crippen LogP contribution in [0.25, 0.3) is 0 Å². The van der Waals surface area contributed by atoms with Crippen LogP contribution in [0.5, 0.6) is 5.75 Å². The highest BCUT2D eigenvalue weighted by atomic mass is 32.1. The van der Waals surface area contributed by atoms with E-state index in [9.17, 15) is 0 Å². The molecule has 0 fully saturated rings. The normalized spacial score (nSPS) is 10.1. The van der Waals surface area contributed by atoms with Gasteiger partial charge in [0.2, 0.25) is 0 Å². The van der Waals surface area contributed by atoms with E-state index in [1.165, 1.54) is 5.56 Å². The van der Waals surface area contributed by atoms with E-state index < -0.39 is 0 Å². The summed E-state index contributed by atoms with van der Waals surface area (Å²) in [6, 6.07) is 8.05. The Labute approximate surface area is 87.2 Å². The zero-order valence-electron chi connectivity index (χ0n) is 7.93. The predicted molar refractivity (Wildman–Crippen MR) is 57.6 cm³/mol. The molecule has 14 heavy (non-hydrogen) atoms. The number of ether oxygens (including phenoxy) is 1. The Morgan fingerprint density at radius 3 is 2.71 bits per heavy atom. The van der Waals surface area contributed by atoms with Crippen molar-refractivity contribution < 1.29 is 4.74 Å². The van der Waals surface area contributed by atoms with Gasteiger partial charge in [-0.3, -0.25) is 4.98 Å². The number of hydrogen-bond donors (Lipinski definition) is 0. The molecule has 2 aromatic rings. The molecule has 0 atom stereocenters. The Balaban J connectivity index is 1.95. The van der Waals surface area contributed by atoms with Crippen LogP contribution < -0.4 is 4.74 Å². The van der Waals surface area contributed by atoms with Crippen molar-refractivity contribution in [2.45, 2.75) is 13.5 Å². The van der Waals surface area contributed by atoms with Crippen LogP contribution in [0.3, 0.4) is 0 Å². The van der Waals surface area contributed by atoms with Gasteiger partial charge in [-0.2, -0.15) is 0 Å². The molecule has 0 aliphatic heterocycles. The fraction of sp³-hybridized carbons (Fsp3) is 0.182. The minimum absolute atomic E-state index is 0.605. The van der Waals surface area contributed by atoms with Crippen molar-refractivity contribution in [2.24, 2.45) is 0 Å². The van der Waals surface area contributed by atoms with Crippen molar-refractivity contribution >= 4 is 11.3 Å². The molecular formula is C11H11NOS. The summed E-state index contributed by atoms with van der Waals surface area (Å²) in [6.45, 7) is 2.67. The molecule has 1 aromatic heterocycles. The monoisotopic (exact) mass is 205 g/mol. The molecule has 2 nitrogen and oxygen atoms in total. The topological polar surface area (TPSA) is 22.1 Å². The first-order chi connectivity index (χ1) is 6.84. The molecule has 0 saturated carbocycles. The van der Waals surface area contributed by atoms with Gasteiger partial charge in [-0.25, -0.2) is 0 Å². The highest BCUT2D eigenvalue weighted by Gasteiger charge is 1.96. The van der Waals surface area contributed by atoms with E-state index >= 15 is 0 Å². The largest absolute Gasteiger partial charge is 0.488 e. The Morgan fingerprint density at radius 1 is 1.29 bits per heavy atom. The summed E-state index contributed by atoms with van der Waals surface area (Å²) >= 11 is 1.61. The summed E-state index contributed by atoms with van der Waals surface area (Å²) in [6.07, 6.45) is 1.83. The number of hydrogen-bond acceptors (Lipinski definition) is 3. The van der Waals surface area contributed by atoms with Crippen molar-refractivity contribution in [1.82, 2.24) is 4.98 Å². The molecule has 1 aromatic carbocycles. The molecule has 0 aliphatic rings. The Bertz CT molecular complexity index is 380. The fourth-order valence-electron chi connectivity index (χ4n) is 1.10. The number of rotatable bonds is 3. The molecule has 0 bridgehead atoms. The highest BCUT2D eigenvalue weighted by Crippen LogP contribution is 2.14. The molecule has 0 saturated heterocycles. The highest BCUT2D eigenvalue weighted by molar-refractivity contribution is 7.09. The number of nitrogens with zero attached hydrogens (tertiary/aromatic N) is 1. The molecule has 2 rings (SSSR count). The zero-order chi connectivity index (χ0) is 9.80. The van der Waals surface area contributed by atoms with Crippen LogP contribution in [-0.4, -0.2) is 4.98 Å². The van der Waals surface area contributed by atoms with Crippen molar-refractivity contribution in [3.05, 3.63) is 46.4 Å². The van der Waals surface area contributed by atoms with E-state index in [1.54, 1.807) is 11.3 Å². The van der Waals surface area contributed by atoms with Gasteiger partial charge < -0.3 is 4.74 Å². The quantitative estimate of drug-likeness (QED) is 0.768. The molecule has 0 amide bonds.